The molecular formula is C22H21FN6O. The maximum Gasteiger partial charge on any atom is 0.227 e. The number of carbonyl (C=O) groups is 1. The molecule has 152 valence electrons. The second-order valence-electron chi connectivity index (χ2n) is 8.28. The van der Waals surface area contributed by atoms with Crippen molar-refractivity contribution < 1.29 is 9.18 Å². The molecule has 0 unspecified atom stereocenters. The van der Waals surface area contributed by atoms with Gasteiger partial charge in [-0.1, -0.05) is 6.07 Å². The van der Waals surface area contributed by atoms with Crippen LogP contribution in [0.4, 0.5) is 10.2 Å². The van der Waals surface area contributed by atoms with E-state index in [0.717, 1.165) is 42.8 Å². The van der Waals surface area contributed by atoms with Crippen molar-refractivity contribution in [3.05, 3.63) is 53.7 Å². The predicted octanol–water partition coefficient (Wildman–Crippen LogP) is 2.64. The Labute approximate surface area is 173 Å². The van der Waals surface area contributed by atoms with Gasteiger partial charge < -0.3 is 14.8 Å². The molecule has 8 heteroatoms. The molecule has 1 amide bonds. The van der Waals surface area contributed by atoms with Gasteiger partial charge in [0.15, 0.2) is 0 Å². The Hall–Kier alpha value is -3.47. The molecule has 2 aromatic heterocycles. The van der Waals surface area contributed by atoms with Crippen molar-refractivity contribution in [1.82, 2.24) is 19.9 Å². The lowest BCUT2D eigenvalue weighted by atomic mass is 10.0. The van der Waals surface area contributed by atoms with Crippen molar-refractivity contribution in [2.75, 3.05) is 31.1 Å². The lowest BCUT2D eigenvalue weighted by molar-refractivity contribution is -0.130. The van der Waals surface area contributed by atoms with E-state index >= 15 is 0 Å². The highest BCUT2D eigenvalue weighted by molar-refractivity contribution is 5.87. The number of nitrogens with one attached hydrogen (secondary N) is 1. The van der Waals surface area contributed by atoms with E-state index in [0.29, 0.717) is 18.7 Å². The summed E-state index contributed by atoms with van der Waals surface area (Å²) in [7, 11) is 0. The van der Waals surface area contributed by atoms with Gasteiger partial charge in [-0.25, -0.2) is 14.4 Å². The minimum Gasteiger partial charge on any atom is -0.354 e. The third-order valence-electron chi connectivity index (χ3n) is 6.14. The van der Waals surface area contributed by atoms with Crippen LogP contribution in [0, 0.1) is 22.6 Å². The minimum absolute atomic E-state index is 0.00750. The summed E-state index contributed by atoms with van der Waals surface area (Å²) in [6.45, 7) is 2.87. The maximum absolute atomic E-state index is 13.6. The van der Waals surface area contributed by atoms with Crippen molar-refractivity contribution >= 4 is 22.8 Å². The van der Waals surface area contributed by atoms with Crippen LogP contribution in [0.25, 0.3) is 11.0 Å². The molecule has 0 radical (unpaired) electrons. The van der Waals surface area contributed by atoms with E-state index in [4.69, 9.17) is 5.26 Å². The average Bonchev–Trinajstić information content (AvgIpc) is 3.39. The van der Waals surface area contributed by atoms with Gasteiger partial charge in [0.1, 0.15) is 29.7 Å². The summed E-state index contributed by atoms with van der Waals surface area (Å²) < 4.78 is 13.6. The molecule has 5 rings (SSSR count). The first kappa shape index (κ1) is 18.6. The first-order valence-corrected chi connectivity index (χ1v) is 10.1. The molecular weight excluding hydrogens is 383 g/mol. The number of halogens is 1. The van der Waals surface area contributed by atoms with Gasteiger partial charge in [0, 0.05) is 37.8 Å². The molecule has 1 aliphatic carbocycles. The van der Waals surface area contributed by atoms with Crippen LogP contribution in [0.2, 0.25) is 0 Å². The van der Waals surface area contributed by atoms with Crippen molar-refractivity contribution in [1.29, 1.82) is 5.26 Å². The van der Waals surface area contributed by atoms with E-state index in [2.05, 4.69) is 19.9 Å². The molecule has 0 atom stereocenters. The van der Waals surface area contributed by atoms with E-state index in [9.17, 15) is 9.18 Å². The van der Waals surface area contributed by atoms with Crippen LogP contribution in [0.15, 0.2) is 36.8 Å². The first-order valence-electron chi connectivity index (χ1n) is 10.1. The van der Waals surface area contributed by atoms with Crippen molar-refractivity contribution in [3.8, 4) is 6.07 Å². The van der Waals surface area contributed by atoms with Crippen LogP contribution in [-0.2, 0) is 11.2 Å². The van der Waals surface area contributed by atoms with E-state index in [-0.39, 0.29) is 23.3 Å². The van der Waals surface area contributed by atoms with Crippen LogP contribution in [0.1, 0.15) is 24.0 Å². The molecule has 1 spiro atoms. The molecule has 1 aromatic carbocycles. The number of carbonyl (C=O) groups excluding carboxylic acids is 1. The van der Waals surface area contributed by atoms with E-state index in [1.807, 2.05) is 23.2 Å². The number of anilines is 1. The molecule has 1 saturated carbocycles. The van der Waals surface area contributed by atoms with E-state index in [1.54, 1.807) is 12.4 Å². The fourth-order valence-electron chi connectivity index (χ4n) is 4.31. The molecule has 30 heavy (non-hydrogen) atoms. The van der Waals surface area contributed by atoms with Gasteiger partial charge in [-0.05, 0) is 36.6 Å². The van der Waals surface area contributed by atoms with Crippen molar-refractivity contribution in [2.45, 2.75) is 19.3 Å². The zero-order valence-electron chi connectivity index (χ0n) is 16.4. The van der Waals surface area contributed by atoms with Gasteiger partial charge in [-0.3, -0.25) is 4.79 Å². The summed E-state index contributed by atoms with van der Waals surface area (Å²) in [5.74, 6) is 0.351. The Bertz CT molecular complexity index is 1160. The fraction of sp³-hybridized carbons (Fsp3) is 0.364. The van der Waals surface area contributed by atoms with Crippen LogP contribution >= 0.6 is 0 Å². The topological polar surface area (TPSA) is 88.9 Å². The summed E-state index contributed by atoms with van der Waals surface area (Å²) in [5.41, 5.74) is 1.54. The number of aromatic nitrogens is 3. The SMILES string of the molecule is N#Cc1cc(CC(=O)N2CCN(c3ncnc4[nH]ccc34)CC3(CC3)C2)ccc1F. The molecule has 3 aromatic rings. The summed E-state index contributed by atoms with van der Waals surface area (Å²) in [5, 5.41) is 10.0. The van der Waals surface area contributed by atoms with Gasteiger partial charge in [-0.15, -0.1) is 0 Å². The van der Waals surface area contributed by atoms with Gasteiger partial charge in [0.05, 0.1) is 17.4 Å². The second kappa shape index (κ2) is 7.10. The quantitative estimate of drug-likeness (QED) is 0.725. The summed E-state index contributed by atoms with van der Waals surface area (Å²) in [6, 6.07) is 8.12. The highest BCUT2D eigenvalue weighted by Gasteiger charge is 2.47. The van der Waals surface area contributed by atoms with E-state index in [1.165, 1.54) is 12.1 Å². The average molecular weight is 404 g/mol. The lowest BCUT2D eigenvalue weighted by Gasteiger charge is -2.25. The Morgan fingerprint density at radius 2 is 2.10 bits per heavy atom. The fourth-order valence-corrected chi connectivity index (χ4v) is 4.31. The van der Waals surface area contributed by atoms with Crippen molar-refractivity contribution in [3.63, 3.8) is 0 Å². The predicted molar refractivity (Wildman–Crippen MR) is 109 cm³/mol. The van der Waals surface area contributed by atoms with Crippen LogP contribution in [0.5, 0.6) is 0 Å². The highest BCUT2D eigenvalue weighted by Crippen LogP contribution is 2.48. The third-order valence-corrected chi connectivity index (χ3v) is 6.14. The molecule has 1 aliphatic heterocycles. The minimum atomic E-state index is -0.558. The number of nitrogens with zero attached hydrogens (tertiary/aromatic N) is 5. The number of nitriles is 1. The normalized spacial score (nSPS) is 17.7. The summed E-state index contributed by atoms with van der Waals surface area (Å²) in [4.78, 5) is 29.1. The number of hydrogen-bond donors (Lipinski definition) is 1. The number of amides is 1. The molecule has 0 bridgehead atoms. The summed E-state index contributed by atoms with van der Waals surface area (Å²) in [6.07, 6.45) is 5.78. The lowest BCUT2D eigenvalue weighted by Crippen LogP contribution is -2.37. The largest absolute Gasteiger partial charge is 0.354 e. The number of H-pyrrole nitrogens is 1. The van der Waals surface area contributed by atoms with Crippen molar-refractivity contribution in [2.24, 2.45) is 5.41 Å². The van der Waals surface area contributed by atoms with Gasteiger partial charge in [-0.2, -0.15) is 5.26 Å². The molecule has 7 nitrogen and oxygen atoms in total. The standard InChI is InChI=1S/C22H21FN6O/c23-18-2-1-15(9-16(18)11-24)10-19(30)28-7-8-29(13-22(12-28)4-5-22)21-17-3-6-25-20(17)26-14-27-21/h1-3,6,9,14H,4-5,7-8,10,12-13H2,(H,25,26,27). The smallest absolute Gasteiger partial charge is 0.227 e. The second-order valence-corrected chi connectivity index (χ2v) is 8.28. The molecule has 2 aliphatic rings. The number of fused-ring (bicyclic) bond motifs is 1. The van der Waals surface area contributed by atoms with E-state index < -0.39 is 5.82 Å². The van der Waals surface area contributed by atoms with Crippen LogP contribution in [0.3, 0.4) is 0 Å². The van der Waals surface area contributed by atoms with Crippen LogP contribution in [-0.4, -0.2) is 51.9 Å². The van der Waals surface area contributed by atoms with Crippen LogP contribution < -0.4 is 4.90 Å². The number of benzene rings is 1. The Morgan fingerprint density at radius 3 is 2.90 bits per heavy atom. The molecule has 1 saturated heterocycles. The number of aromatic amines is 1. The zero-order valence-corrected chi connectivity index (χ0v) is 16.4. The van der Waals surface area contributed by atoms with Gasteiger partial charge in [0.25, 0.3) is 0 Å². The first-order chi connectivity index (χ1) is 14.6. The zero-order chi connectivity index (χ0) is 20.7. The van der Waals surface area contributed by atoms with Gasteiger partial charge >= 0.3 is 0 Å². The maximum atomic E-state index is 13.6. The Balaban J connectivity index is 1.35. The third kappa shape index (κ3) is 3.36. The molecule has 3 heterocycles. The molecule has 2 fully saturated rings. The number of hydrogen-bond acceptors (Lipinski definition) is 5. The van der Waals surface area contributed by atoms with Gasteiger partial charge in [0.2, 0.25) is 5.91 Å². The highest BCUT2D eigenvalue weighted by atomic mass is 19.1. The monoisotopic (exact) mass is 404 g/mol. The summed E-state index contributed by atoms with van der Waals surface area (Å²) >= 11 is 0. The Kier molecular flexibility index (Phi) is 4.39. The number of rotatable bonds is 3. The Morgan fingerprint density at radius 1 is 1.23 bits per heavy atom. The molecule has 1 N–H and O–H groups in total.